The number of ether oxygens (including phenoxy) is 4. The predicted molar refractivity (Wildman–Crippen MR) is 90.0 cm³/mol. The fourth-order valence-electron chi connectivity index (χ4n) is 4.45. The molecule has 3 rings (SSSR count). The van der Waals surface area contributed by atoms with E-state index in [0.29, 0.717) is 0 Å². The van der Waals surface area contributed by atoms with Crippen LogP contribution in [-0.4, -0.2) is 82.8 Å². The minimum Gasteiger partial charge on any atom is -0.390 e. The van der Waals surface area contributed by atoms with E-state index < -0.39 is 49.2 Å². The summed E-state index contributed by atoms with van der Waals surface area (Å²) in [5, 5.41) is 41.5. The lowest BCUT2D eigenvalue weighted by molar-refractivity contribution is -0.351. The van der Waals surface area contributed by atoms with Crippen LogP contribution >= 0.6 is 0 Å². The van der Waals surface area contributed by atoms with Crippen LogP contribution < -0.4 is 0 Å². The second-order valence-electron chi connectivity index (χ2n) is 8.62. The van der Waals surface area contributed by atoms with E-state index in [1.165, 1.54) is 7.11 Å². The van der Waals surface area contributed by atoms with Crippen LogP contribution in [0.5, 0.6) is 0 Å². The third kappa shape index (κ3) is 3.79. The van der Waals surface area contributed by atoms with E-state index in [1.54, 1.807) is 6.92 Å². The summed E-state index contributed by atoms with van der Waals surface area (Å²) < 4.78 is 22.2. The fraction of sp³-hybridized carbons (Fsp3) is 1.00. The molecule has 1 aliphatic carbocycles. The lowest BCUT2D eigenvalue weighted by Gasteiger charge is -2.50. The fourth-order valence-corrected chi connectivity index (χ4v) is 4.45. The molecule has 10 atom stereocenters. The normalized spacial score (nSPS) is 51.7. The van der Waals surface area contributed by atoms with Gasteiger partial charge in [0.2, 0.25) is 0 Å². The van der Waals surface area contributed by atoms with Gasteiger partial charge in [0.25, 0.3) is 0 Å². The van der Waals surface area contributed by atoms with Gasteiger partial charge in [0, 0.05) is 13.0 Å². The molecular weight excluding hydrogens is 344 g/mol. The summed E-state index contributed by atoms with van der Waals surface area (Å²) in [5.74, 6) is -0.151. The summed E-state index contributed by atoms with van der Waals surface area (Å²) in [6.45, 7) is 5.98. The Morgan fingerprint density at radius 1 is 0.923 bits per heavy atom. The van der Waals surface area contributed by atoms with Gasteiger partial charge in [0.15, 0.2) is 12.6 Å². The highest BCUT2D eigenvalue weighted by atomic mass is 16.7. The third-order valence-electron chi connectivity index (χ3n) is 6.05. The number of methoxy groups -OCH3 is 1. The molecule has 3 aliphatic rings. The van der Waals surface area contributed by atoms with Crippen molar-refractivity contribution in [1.29, 1.82) is 0 Å². The van der Waals surface area contributed by atoms with Crippen molar-refractivity contribution in [3.63, 3.8) is 0 Å². The molecular formula is C18H32O8. The number of hydrogen-bond donors (Lipinski definition) is 4. The van der Waals surface area contributed by atoms with E-state index in [4.69, 9.17) is 18.9 Å². The van der Waals surface area contributed by atoms with Gasteiger partial charge in [-0.05, 0) is 31.6 Å². The molecule has 2 saturated heterocycles. The molecule has 0 spiro atoms. The average Bonchev–Trinajstić information content (AvgIpc) is 2.59. The molecule has 0 aromatic heterocycles. The van der Waals surface area contributed by atoms with Gasteiger partial charge in [0.05, 0.1) is 18.3 Å². The Morgan fingerprint density at radius 3 is 2.23 bits per heavy atom. The Bertz CT molecular complexity index is 484. The van der Waals surface area contributed by atoms with E-state index in [2.05, 4.69) is 13.8 Å². The summed E-state index contributed by atoms with van der Waals surface area (Å²) in [4.78, 5) is 0. The lowest BCUT2D eigenvalue weighted by atomic mass is 9.67. The van der Waals surface area contributed by atoms with Crippen molar-refractivity contribution >= 4 is 0 Å². The number of aliphatic hydroxyl groups is 4. The topological polar surface area (TPSA) is 118 Å². The highest BCUT2D eigenvalue weighted by Gasteiger charge is 2.51. The van der Waals surface area contributed by atoms with Gasteiger partial charge in [-0.2, -0.15) is 0 Å². The Morgan fingerprint density at radius 2 is 1.58 bits per heavy atom. The molecule has 8 nitrogen and oxygen atoms in total. The third-order valence-corrected chi connectivity index (χ3v) is 6.05. The van der Waals surface area contributed by atoms with Crippen molar-refractivity contribution in [3.05, 3.63) is 0 Å². The Balaban J connectivity index is 1.68. The highest BCUT2D eigenvalue weighted by Crippen LogP contribution is 2.45. The Hall–Kier alpha value is -0.320. The number of aliphatic hydroxyl groups excluding tert-OH is 4. The van der Waals surface area contributed by atoms with Gasteiger partial charge in [-0.25, -0.2) is 0 Å². The Kier molecular flexibility index (Phi) is 5.97. The molecule has 4 N–H and O–H groups in total. The molecule has 0 radical (unpaired) electrons. The van der Waals surface area contributed by atoms with Crippen molar-refractivity contribution in [2.24, 2.45) is 11.3 Å². The van der Waals surface area contributed by atoms with Crippen LogP contribution in [0.3, 0.4) is 0 Å². The van der Waals surface area contributed by atoms with Crippen LogP contribution in [0.25, 0.3) is 0 Å². The summed E-state index contributed by atoms with van der Waals surface area (Å²) in [6, 6.07) is 0. The molecule has 0 bridgehead atoms. The first kappa shape index (κ1) is 20.4. The van der Waals surface area contributed by atoms with Crippen LogP contribution in [0.2, 0.25) is 0 Å². The molecule has 0 aromatic carbocycles. The largest absolute Gasteiger partial charge is 0.390 e. The summed E-state index contributed by atoms with van der Waals surface area (Å²) in [5.41, 5.74) is 0.0973. The zero-order valence-corrected chi connectivity index (χ0v) is 15.8. The molecule has 1 saturated carbocycles. The molecule has 26 heavy (non-hydrogen) atoms. The highest BCUT2D eigenvalue weighted by molar-refractivity contribution is 4.97. The zero-order chi connectivity index (χ0) is 19.2. The van der Waals surface area contributed by atoms with E-state index in [-0.39, 0.29) is 17.4 Å². The first-order valence-corrected chi connectivity index (χ1v) is 9.36. The van der Waals surface area contributed by atoms with Gasteiger partial charge in [0.1, 0.15) is 24.4 Å². The zero-order valence-electron chi connectivity index (χ0n) is 15.8. The van der Waals surface area contributed by atoms with Crippen LogP contribution in [0.1, 0.15) is 40.0 Å². The van der Waals surface area contributed by atoms with Gasteiger partial charge >= 0.3 is 0 Å². The minimum absolute atomic E-state index is 0.0973. The van der Waals surface area contributed by atoms with Gasteiger partial charge in [-0.15, -0.1) is 0 Å². The maximum atomic E-state index is 10.6. The monoisotopic (exact) mass is 376 g/mol. The van der Waals surface area contributed by atoms with E-state index in [9.17, 15) is 20.4 Å². The molecule has 8 heteroatoms. The quantitative estimate of drug-likeness (QED) is 0.533. The minimum atomic E-state index is -1.28. The molecule has 2 heterocycles. The molecule has 0 amide bonds. The second kappa shape index (κ2) is 7.60. The van der Waals surface area contributed by atoms with Crippen LogP contribution in [0, 0.1) is 11.3 Å². The molecule has 2 aliphatic heterocycles. The molecule has 152 valence electrons. The number of rotatable bonds is 3. The standard InChI is InChI=1S/C18H32O8/c1-8-15(12(20)14(22)16(23-4)24-8)26-17-13(21)11(19)9-7-18(2,3)6-5-10(9)25-17/h8-17,19-22H,5-7H2,1-4H3/t8?,9-,10?,11-,12+,13?,14?,15-,16-,17+/m1/s1. The maximum absolute atomic E-state index is 10.6. The Labute approximate surface area is 154 Å². The van der Waals surface area contributed by atoms with Crippen LogP contribution in [0.15, 0.2) is 0 Å². The molecule has 0 aromatic rings. The number of hydrogen-bond acceptors (Lipinski definition) is 8. The first-order valence-electron chi connectivity index (χ1n) is 9.36. The summed E-state index contributed by atoms with van der Waals surface area (Å²) in [6.07, 6.45) is -6.00. The molecule has 4 unspecified atom stereocenters. The smallest absolute Gasteiger partial charge is 0.186 e. The SMILES string of the molecule is CO[C@@H]1OC(C)[C@@H](O[C@@H]2OC3CCC(C)(C)C[C@H]3[C@@H](O)C2O)[C@@H](O)C1O. The predicted octanol–water partition coefficient (Wildman–Crippen LogP) is -0.242. The van der Waals surface area contributed by atoms with Crippen LogP contribution in [0.4, 0.5) is 0 Å². The van der Waals surface area contributed by atoms with E-state index in [1.807, 2.05) is 0 Å². The van der Waals surface area contributed by atoms with Crippen molar-refractivity contribution in [1.82, 2.24) is 0 Å². The summed E-state index contributed by atoms with van der Waals surface area (Å²) >= 11 is 0. The van der Waals surface area contributed by atoms with Gasteiger partial charge in [-0.3, -0.25) is 0 Å². The van der Waals surface area contributed by atoms with Crippen molar-refractivity contribution in [3.8, 4) is 0 Å². The summed E-state index contributed by atoms with van der Waals surface area (Å²) in [7, 11) is 1.38. The maximum Gasteiger partial charge on any atom is 0.186 e. The van der Waals surface area contributed by atoms with Crippen molar-refractivity contribution < 1.29 is 39.4 Å². The molecule has 3 fully saturated rings. The van der Waals surface area contributed by atoms with E-state index in [0.717, 1.165) is 19.3 Å². The lowest BCUT2D eigenvalue weighted by Crippen LogP contribution is -2.63. The van der Waals surface area contributed by atoms with Crippen molar-refractivity contribution in [2.75, 3.05) is 7.11 Å². The average molecular weight is 376 g/mol. The van der Waals surface area contributed by atoms with Gasteiger partial charge < -0.3 is 39.4 Å². The first-order chi connectivity index (χ1) is 12.1. The van der Waals surface area contributed by atoms with Gasteiger partial charge in [-0.1, -0.05) is 13.8 Å². The van der Waals surface area contributed by atoms with E-state index >= 15 is 0 Å². The van der Waals surface area contributed by atoms with Crippen LogP contribution in [-0.2, 0) is 18.9 Å². The number of fused-ring (bicyclic) bond motifs is 1. The van der Waals surface area contributed by atoms with Crippen molar-refractivity contribution in [2.45, 2.75) is 95.3 Å². The second-order valence-corrected chi connectivity index (χ2v) is 8.62.